The van der Waals surface area contributed by atoms with Crippen LogP contribution in [0.2, 0.25) is 0 Å². The van der Waals surface area contributed by atoms with E-state index in [1.54, 1.807) is 6.07 Å². The van der Waals surface area contributed by atoms with Crippen molar-refractivity contribution in [2.24, 2.45) is 0 Å². The smallest absolute Gasteiger partial charge is 0.404 e. The van der Waals surface area contributed by atoms with Crippen molar-refractivity contribution in [2.75, 3.05) is 20.3 Å². The molecule has 1 unspecified atom stereocenters. The molecule has 16 heavy (non-hydrogen) atoms. The number of methoxy groups -OCH3 is 1. The van der Waals surface area contributed by atoms with Gasteiger partial charge in [-0.25, -0.2) is 4.79 Å². The van der Waals surface area contributed by atoms with E-state index >= 15 is 0 Å². The van der Waals surface area contributed by atoms with E-state index in [0.717, 1.165) is 18.6 Å². The van der Waals surface area contributed by atoms with Gasteiger partial charge in [0.1, 0.15) is 0 Å². The maximum Gasteiger partial charge on any atom is 0.404 e. The molecule has 1 aliphatic heterocycles. The molecule has 0 saturated carbocycles. The van der Waals surface area contributed by atoms with Gasteiger partial charge in [0, 0.05) is 24.2 Å². The lowest BCUT2D eigenvalue weighted by molar-refractivity contribution is -0.609. The van der Waals surface area contributed by atoms with E-state index < -0.39 is 5.97 Å². The van der Waals surface area contributed by atoms with Gasteiger partial charge in [0.05, 0.1) is 13.7 Å². The Hall–Kier alpha value is -1.62. The summed E-state index contributed by atoms with van der Waals surface area (Å²) in [5.74, 6) is -0.365. The van der Waals surface area contributed by atoms with Crippen molar-refractivity contribution in [1.29, 1.82) is 0 Å². The first-order valence-electron chi connectivity index (χ1n) is 5.11. The Kier molecular flexibility index (Phi) is 3.05. The third-order valence-electron chi connectivity index (χ3n) is 2.73. The Labute approximate surface area is 93.2 Å². The van der Waals surface area contributed by atoms with E-state index in [4.69, 9.17) is 4.74 Å². The topological polar surface area (TPSA) is 62.5 Å². The molecule has 1 aromatic rings. The van der Waals surface area contributed by atoms with E-state index in [2.05, 4.69) is 4.74 Å². The van der Waals surface area contributed by atoms with Crippen molar-refractivity contribution in [2.45, 2.75) is 12.3 Å². The highest BCUT2D eigenvalue weighted by molar-refractivity contribution is 5.85. The zero-order valence-electron chi connectivity index (χ0n) is 9.01. The maximum atomic E-state index is 11.6. The van der Waals surface area contributed by atoms with E-state index in [1.807, 2.05) is 0 Å². The van der Waals surface area contributed by atoms with Crippen LogP contribution in [0.3, 0.4) is 0 Å². The molecular formula is C11H13NO4. The van der Waals surface area contributed by atoms with Gasteiger partial charge in [0.25, 0.3) is 0 Å². The van der Waals surface area contributed by atoms with Crippen molar-refractivity contribution in [3.8, 4) is 0 Å². The zero-order valence-corrected chi connectivity index (χ0v) is 9.01. The minimum Gasteiger partial charge on any atom is -0.618 e. The lowest BCUT2D eigenvalue weighted by Crippen LogP contribution is -2.35. The molecule has 1 atom stereocenters. The van der Waals surface area contributed by atoms with Crippen LogP contribution >= 0.6 is 0 Å². The summed E-state index contributed by atoms with van der Waals surface area (Å²) in [6.07, 6.45) is 2.34. The summed E-state index contributed by atoms with van der Waals surface area (Å²) < 4.78 is 10.3. The first kappa shape index (κ1) is 10.9. The largest absolute Gasteiger partial charge is 0.618 e. The van der Waals surface area contributed by atoms with Gasteiger partial charge in [-0.15, -0.1) is 0 Å². The van der Waals surface area contributed by atoms with E-state index in [1.165, 1.54) is 19.4 Å². The van der Waals surface area contributed by atoms with Crippen LogP contribution < -0.4 is 4.73 Å². The summed E-state index contributed by atoms with van der Waals surface area (Å²) in [7, 11) is 1.25. The predicted molar refractivity (Wildman–Crippen MR) is 54.9 cm³/mol. The van der Waals surface area contributed by atoms with Crippen molar-refractivity contribution < 1.29 is 19.0 Å². The number of aromatic nitrogens is 1. The second-order valence-corrected chi connectivity index (χ2v) is 3.73. The Balaban J connectivity index is 2.25. The molecule has 0 spiro atoms. The quantitative estimate of drug-likeness (QED) is 0.418. The Morgan fingerprint density at radius 3 is 3.00 bits per heavy atom. The van der Waals surface area contributed by atoms with E-state index in [0.29, 0.717) is 11.3 Å². The predicted octanol–water partition coefficient (Wildman–Crippen LogP) is 0.610. The number of esters is 1. The highest BCUT2D eigenvalue weighted by Crippen LogP contribution is 2.23. The summed E-state index contributed by atoms with van der Waals surface area (Å²) >= 11 is 0. The molecule has 1 aromatic heterocycles. The number of carbonyl (C=O) groups excluding carboxylic acids is 1. The molecule has 0 amide bonds. The second kappa shape index (κ2) is 4.49. The average molecular weight is 223 g/mol. The van der Waals surface area contributed by atoms with Crippen LogP contribution in [0.15, 0.2) is 18.3 Å². The Morgan fingerprint density at radius 1 is 1.62 bits per heavy atom. The number of hydrogen-bond acceptors (Lipinski definition) is 4. The van der Waals surface area contributed by atoms with Crippen LogP contribution in [0.1, 0.15) is 28.4 Å². The molecule has 0 N–H and O–H groups in total. The van der Waals surface area contributed by atoms with Gasteiger partial charge in [-0.1, -0.05) is 0 Å². The lowest BCUT2D eigenvalue weighted by Gasteiger charge is -2.08. The minimum absolute atomic E-state index is 0.00478. The van der Waals surface area contributed by atoms with Crippen LogP contribution in [-0.2, 0) is 9.47 Å². The molecule has 2 rings (SSSR count). The second-order valence-electron chi connectivity index (χ2n) is 3.73. The fourth-order valence-corrected chi connectivity index (χ4v) is 1.80. The van der Waals surface area contributed by atoms with Crippen molar-refractivity contribution in [3.05, 3.63) is 34.8 Å². The summed E-state index contributed by atoms with van der Waals surface area (Å²) in [5, 5.41) is 11.6. The highest BCUT2D eigenvalue weighted by Gasteiger charge is 2.23. The summed E-state index contributed by atoms with van der Waals surface area (Å²) in [6, 6.07) is 3.27. The molecule has 0 aromatic carbocycles. The molecule has 5 heteroatoms. The molecule has 5 nitrogen and oxygen atoms in total. The number of pyridine rings is 1. The van der Waals surface area contributed by atoms with Crippen molar-refractivity contribution in [1.82, 2.24) is 0 Å². The van der Waals surface area contributed by atoms with Gasteiger partial charge in [0.2, 0.25) is 0 Å². The standard InChI is InChI=1S/C11H13NO4/c1-15-11(13)10-3-2-8(6-12(10)14)9-4-5-16-7-9/h2-3,6,9H,4-5,7H2,1H3. The summed E-state index contributed by atoms with van der Waals surface area (Å²) in [5.41, 5.74) is 0.908. The number of ether oxygens (including phenoxy) is 2. The number of nitrogens with zero attached hydrogens (tertiary/aromatic N) is 1. The van der Waals surface area contributed by atoms with Gasteiger partial charge in [0.15, 0.2) is 6.20 Å². The van der Waals surface area contributed by atoms with Gasteiger partial charge in [-0.05, 0) is 12.5 Å². The van der Waals surface area contributed by atoms with Crippen LogP contribution in [0.25, 0.3) is 0 Å². The van der Waals surface area contributed by atoms with Crippen LogP contribution in [0.4, 0.5) is 0 Å². The molecule has 86 valence electrons. The first-order chi connectivity index (χ1) is 7.72. The van der Waals surface area contributed by atoms with Crippen LogP contribution in [-0.4, -0.2) is 26.3 Å². The maximum absolute atomic E-state index is 11.6. The minimum atomic E-state index is -0.621. The van der Waals surface area contributed by atoms with Crippen molar-refractivity contribution >= 4 is 5.97 Å². The molecule has 1 fully saturated rings. The third kappa shape index (κ3) is 1.99. The number of rotatable bonds is 2. The molecule has 2 heterocycles. The Bertz CT molecular complexity index is 399. The molecule has 1 saturated heterocycles. The van der Waals surface area contributed by atoms with Gasteiger partial charge >= 0.3 is 11.7 Å². The van der Waals surface area contributed by atoms with Crippen molar-refractivity contribution in [3.63, 3.8) is 0 Å². The van der Waals surface area contributed by atoms with Crippen LogP contribution in [0, 0.1) is 5.21 Å². The van der Waals surface area contributed by atoms with Gasteiger partial charge in [-0.2, -0.15) is 4.73 Å². The summed E-state index contributed by atoms with van der Waals surface area (Å²) in [4.78, 5) is 11.2. The fourth-order valence-electron chi connectivity index (χ4n) is 1.80. The van der Waals surface area contributed by atoms with E-state index in [9.17, 15) is 10.0 Å². The molecular weight excluding hydrogens is 210 g/mol. The van der Waals surface area contributed by atoms with Crippen LogP contribution in [0.5, 0.6) is 0 Å². The van der Waals surface area contributed by atoms with Gasteiger partial charge < -0.3 is 14.7 Å². The first-order valence-corrected chi connectivity index (χ1v) is 5.11. The summed E-state index contributed by atoms with van der Waals surface area (Å²) in [6.45, 7) is 1.36. The van der Waals surface area contributed by atoms with E-state index in [-0.39, 0.29) is 11.6 Å². The fraction of sp³-hybridized carbons (Fsp3) is 0.455. The molecule has 0 radical (unpaired) electrons. The normalized spacial score (nSPS) is 19.7. The third-order valence-corrected chi connectivity index (χ3v) is 2.73. The SMILES string of the molecule is COC(=O)c1ccc(C2CCOC2)c[n+]1[O-]. The van der Waals surface area contributed by atoms with Gasteiger partial charge in [-0.3, -0.25) is 0 Å². The Morgan fingerprint density at radius 2 is 2.44 bits per heavy atom. The monoisotopic (exact) mass is 223 g/mol. The number of hydrogen-bond donors (Lipinski definition) is 0. The molecule has 1 aliphatic rings. The highest BCUT2D eigenvalue weighted by atomic mass is 16.5. The molecule has 0 aliphatic carbocycles. The zero-order chi connectivity index (χ0) is 11.5. The molecule has 0 bridgehead atoms. The lowest BCUT2D eigenvalue weighted by atomic mass is 10.0. The number of carbonyl (C=O) groups is 1. The average Bonchev–Trinajstić information content (AvgIpc) is 2.81.